The van der Waals surface area contributed by atoms with Crippen molar-refractivity contribution >= 4 is 19.0 Å². The first-order valence-corrected chi connectivity index (χ1v) is 6.72. The summed E-state index contributed by atoms with van der Waals surface area (Å²) in [6, 6.07) is 3.60. The van der Waals surface area contributed by atoms with Gasteiger partial charge in [0.25, 0.3) is 0 Å². The maximum absolute atomic E-state index is 11.3. The van der Waals surface area contributed by atoms with Crippen LogP contribution in [0, 0.1) is 0 Å². The number of aromatic nitrogens is 1. The molecule has 1 aromatic heterocycles. The molecule has 0 radical (unpaired) electrons. The van der Waals surface area contributed by atoms with Gasteiger partial charge in [-0.1, -0.05) is 12.1 Å². The van der Waals surface area contributed by atoms with Crippen LogP contribution in [0.1, 0.15) is 50.7 Å². The van der Waals surface area contributed by atoms with Crippen LogP contribution in [0.5, 0.6) is 0 Å². The highest BCUT2D eigenvalue weighted by atomic mass is 16.7. The first kappa shape index (κ1) is 14.9. The van der Waals surface area contributed by atoms with Crippen molar-refractivity contribution in [3.05, 3.63) is 35.6 Å². The van der Waals surface area contributed by atoms with Crippen LogP contribution >= 0.6 is 0 Å². The van der Waals surface area contributed by atoms with Gasteiger partial charge in [-0.2, -0.15) is 0 Å². The lowest BCUT2D eigenvalue weighted by Crippen LogP contribution is -2.41. The Kier molecular flexibility index (Phi) is 3.85. The SMILES string of the molecule is CC(=O)c1cc(/C=C/B2OC(C)(C)C(C)(C)O2)ccn1. The van der Waals surface area contributed by atoms with Gasteiger partial charge in [0.05, 0.1) is 11.2 Å². The van der Waals surface area contributed by atoms with E-state index < -0.39 is 0 Å². The molecule has 0 N–H and O–H groups in total. The lowest BCUT2D eigenvalue weighted by atomic mass is 9.89. The second kappa shape index (κ2) is 5.15. The normalized spacial score (nSPS) is 20.6. The van der Waals surface area contributed by atoms with Gasteiger partial charge in [0.1, 0.15) is 5.69 Å². The molecule has 0 spiro atoms. The quantitative estimate of drug-likeness (QED) is 0.627. The third-order valence-electron chi connectivity index (χ3n) is 3.86. The largest absolute Gasteiger partial charge is 0.487 e. The van der Waals surface area contributed by atoms with Gasteiger partial charge in [0, 0.05) is 13.1 Å². The molecular weight excluding hydrogens is 253 g/mol. The van der Waals surface area contributed by atoms with Crippen molar-refractivity contribution in [1.29, 1.82) is 0 Å². The number of pyridine rings is 1. The van der Waals surface area contributed by atoms with E-state index in [4.69, 9.17) is 9.31 Å². The van der Waals surface area contributed by atoms with Gasteiger partial charge in [0.2, 0.25) is 0 Å². The van der Waals surface area contributed by atoms with Crippen LogP contribution in [0.4, 0.5) is 0 Å². The van der Waals surface area contributed by atoms with E-state index >= 15 is 0 Å². The lowest BCUT2D eigenvalue weighted by molar-refractivity contribution is 0.00578. The molecule has 2 rings (SSSR count). The number of rotatable bonds is 3. The summed E-state index contributed by atoms with van der Waals surface area (Å²) in [6.45, 7) is 9.56. The summed E-state index contributed by atoms with van der Waals surface area (Å²) >= 11 is 0. The minimum Gasteiger partial charge on any atom is -0.400 e. The monoisotopic (exact) mass is 273 g/mol. The zero-order valence-corrected chi connectivity index (χ0v) is 12.6. The first-order valence-electron chi connectivity index (χ1n) is 6.72. The Labute approximate surface area is 120 Å². The molecule has 1 saturated heterocycles. The first-order chi connectivity index (χ1) is 9.21. The fraction of sp³-hybridized carbons (Fsp3) is 0.467. The van der Waals surface area contributed by atoms with E-state index in [1.165, 1.54) is 6.92 Å². The van der Waals surface area contributed by atoms with Crippen molar-refractivity contribution < 1.29 is 14.1 Å². The van der Waals surface area contributed by atoms with Crippen LogP contribution in [-0.4, -0.2) is 29.1 Å². The number of hydrogen-bond acceptors (Lipinski definition) is 4. The van der Waals surface area contributed by atoms with E-state index in [2.05, 4.69) is 4.98 Å². The van der Waals surface area contributed by atoms with E-state index in [0.717, 1.165) is 5.56 Å². The molecule has 20 heavy (non-hydrogen) atoms. The Morgan fingerprint density at radius 2 is 1.85 bits per heavy atom. The van der Waals surface area contributed by atoms with Crippen LogP contribution in [0.3, 0.4) is 0 Å². The van der Waals surface area contributed by atoms with Gasteiger partial charge in [-0.25, -0.2) is 0 Å². The van der Waals surface area contributed by atoms with Gasteiger partial charge >= 0.3 is 7.12 Å². The Balaban J connectivity index is 2.12. The van der Waals surface area contributed by atoms with Crippen molar-refractivity contribution in [3.8, 4) is 0 Å². The Bertz CT molecular complexity index is 536. The zero-order valence-electron chi connectivity index (χ0n) is 12.6. The van der Waals surface area contributed by atoms with E-state index in [-0.39, 0.29) is 24.1 Å². The van der Waals surface area contributed by atoms with E-state index in [9.17, 15) is 4.79 Å². The molecule has 0 amide bonds. The number of carbonyl (C=O) groups excluding carboxylic acids is 1. The number of hydrogen-bond donors (Lipinski definition) is 0. The number of Topliss-reactive ketones (excluding diaryl/α,β-unsaturated/α-hetero) is 1. The summed E-state index contributed by atoms with van der Waals surface area (Å²) in [6.07, 6.45) is 3.51. The van der Waals surface area contributed by atoms with Gasteiger partial charge in [-0.05, 0) is 45.4 Å². The van der Waals surface area contributed by atoms with E-state index in [1.807, 2.05) is 45.8 Å². The summed E-state index contributed by atoms with van der Waals surface area (Å²) in [5.74, 6) is 1.81. The Hall–Kier alpha value is -1.46. The van der Waals surface area contributed by atoms with Crippen LogP contribution in [-0.2, 0) is 9.31 Å². The second-order valence-electron chi connectivity index (χ2n) is 6.01. The van der Waals surface area contributed by atoms with Gasteiger partial charge in [-0.3, -0.25) is 9.78 Å². The molecule has 1 fully saturated rings. The van der Waals surface area contributed by atoms with Gasteiger partial charge < -0.3 is 9.31 Å². The summed E-state index contributed by atoms with van der Waals surface area (Å²) in [5.41, 5.74) is 0.677. The van der Waals surface area contributed by atoms with Crippen LogP contribution in [0.25, 0.3) is 6.08 Å². The maximum Gasteiger partial charge on any atom is 0.487 e. The summed E-state index contributed by atoms with van der Waals surface area (Å²) in [7, 11) is -0.381. The molecule has 1 aliphatic heterocycles. The standard InChI is InChI=1S/C15H20BNO3/c1-11(18)13-10-12(7-9-17-13)6-8-16-19-14(2,3)15(4,5)20-16/h6-10H,1-5H3/b8-6+. The highest BCUT2D eigenvalue weighted by Gasteiger charge is 2.49. The maximum atomic E-state index is 11.3. The van der Waals surface area contributed by atoms with E-state index in [1.54, 1.807) is 12.3 Å². The van der Waals surface area contributed by atoms with Crippen LogP contribution in [0.15, 0.2) is 24.3 Å². The minimum atomic E-state index is -0.381. The minimum absolute atomic E-state index is 0.0455. The van der Waals surface area contributed by atoms with Gasteiger partial charge in [-0.15, -0.1) is 0 Å². The molecule has 0 aromatic carbocycles. The van der Waals surface area contributed by atoms with Crippen molar-refractivity contribution in [3.63, 3.8) is 0 Å². The highest BCUT2D eigenvalue weighted by molar-refractivity contribution is 6.52. The van der Waals surface area contributed by atoms with Crippen molar-refractivity contribution in [2.45, 2.75) is 45.8 Å². The zero-order chi connectivity index (χ0) is 15.0. The summed E-state index contributed by atoms with van der Waals surface area (Å²) in [5, 5.41) is 0. The predicted octanol–water partition coefficient (Wildman–Crippen LogP) is 2.93. The molecule has 5 heteroatoms. The van der Waals surface area contributed by atoms with Gasteiger partial charge in [0.15, 0.2) is 5.78 Å². The molecule has 1 aliphatic rings. The third kappa shape index (κ3) is 2.99. The number of ketones is 1. The topological polar surface area (TPSA) is 48.4 Å². The molecule has 0 bridgehead atoms. The lowest BCUT2D eigenvalue weighted by Gasteiger charge is -2.32. The second-order valence-corrected chi connectivity index (χ2v) is 6.01. The third-order valence-corrected chi connectivity index (χ3v) is 3.86. The number of carbonyl (C=O) groups is 1. The summed E-state index contributed by atoms with van der Waals surface area (Å²) < 4.78 is 11.7. The predicted molar refractivity (Wildman–Crippen MR) is 79.4 cm³/mol. The molecule has 2 heterocycles. The highest BCUT2D eigenvalue weighted by Crippen LogP contribution is 2.36. The van der Waals surface area contributed by atoms with Crippen molar-refractivity contribution in [2.75, 3.05) is 0 Å². The Morgan fingerprint density at radius 1 is 1.25 bits per heavy atom. The van der Waals surface area contributed by atoms with Crippen molar-refractivity contribution in [2.24, 2.45) is 0 Å². The summed E-state index contributed by atoms with van der Waals surface area (Å²) in [4.78, 5) is 15.3. The molecular formula is C15H20BNO3. The molecule has 0 saturated carbocycles. The smallest absolute Gasteiger partial charge is 0.400 e. The number of nitrogens with zero attached hydrogens (tertiary/aromatic N) is 1. The average Bonchev–Trinajstić information content (AvgIpc) is 2.56. The molecule has 4 nitrogen and oxygen atoms in total. The molecule has 0 unspecified atom stereocenters. The van der Waals surface area contributed by atoms with Crippen molar-refractivity contribution in [1.82, 2.24) is 4.98 Å². The van der Waals surface area contributed by atoms with E-state index in [0.29, 0.717) is 5.69 Å². The molecule has 0 aliphatic carbocycles. The fourth-order valence-corrected chi connectivity index (χ4v) is 1.90. The molecule has 1 aromatic rings. The van der Waals surface area contributed by atoms with Crippen LogP contribution < -0.4 is 0 Å². The van der Waals surface area contributed by atoms with Crippen LogP contribution in [0.2, 0.25) is 0 Å². The Morgan fingerprint density at radius 3 is 2.40 bits per heavy atom. The fourth-order valence-electron chi connectivity index (χ4n) is 1.90. The molecule has 106 valence electrons. The molecule has 0 atom stereocenters. The average molecular weight is 273 g/mol.